The maximum Gasteiger partial charge on any atom is 0.251 e. The number of aromatic nitrogens is 3. The predicted octanol–water partition coefficient (Wildman–Crippen LogP) is 5.39. The minimum absolute atomic E-state index is 0.127. The number of hydrogen-bond donors (Lipinski definition) is 2. The molecule has 0 bridgehead atoms. The molecular formula is C23H25Cl2N5O2S. The molecule has 0 saturated heterocycles. The number of carbonyl (C=O) groups excluding carboxylic acids is 2. The number of nitrogens with zero attached hydrogens (tertiary/aromatic N) is 3. The minimum Gasteiger partial charge on any atom is -0.342 e. The molecule has 10 heteroatoms. The van der Waals surface area contributed by atoms with Crippen LogP contribution in [0.2, 0.25) is 10.0 Å². The molecule has 0 aliphatic carbocycles. The molecule has 1 atom stereocenters. The molecule has 7 nitrogen and oxygen atoms in total. The summed E-state index contributed by atoms with van der Waals surface area (Å²) in [6.45, 7) is 6.46. The Morgan fingerprint density at radius 3 is 2.42 bits per heavy atom. The van der Waals surface area contributed by atoms with Crippen molar-refractivity contribution in [2.24, 2.45) is 0 Å². The van der Waals surface area contributed by atoms with Gasteiger partial charge in [0.15, 0.2) is 11.0 Å². The zero-order chi connectivity index (χ0) is 24.0. The first-order valence-corrected chi connectivity index (χ1v) is 12.3. The lowest BCUT2D eigenvalue weighted by atomic mass is 10.1. The van der Waals surface area contributed by atoms with Gasteiger partial charge in [-0.2, -0.15) is 0 Å². The second-order valence-corrected chi connectivity index (χ2v) is 9.05. The van der Waals surface area contributed by atoms with Crippen molar-refractivity contribution in [3.8, 4) is 0 Å². The van der Waals surface area contributed by atoms with Crippen LogP contribution in [-0.4, -0.2) is 32.3 Å². The number of thioether (sulfide) groups is 1. The van der Waals surface area contributed by atoms with Crippen molar-refractivity contribution in [2.45, 2.75) is 44.9 Å². The standard InChI is InChI=1S/C23H25Cl2N5O2S/c1-4-15-6-9-17(10-7-15)27-20(31)13-33-23-29-28-21(30(23)5-2)14(3)26-22(32)16-8-11-18(24)19(25)12-16/h6-12,14H,4-5,13H2,1-3H3,(H,26,32)(H,27,31)/t14-/m1/s1. The third-order valence-corrected chi connectivity index (χ3v) is 6.66. The molecule has 0 radical (unpaired) electrons. The van der Waals surface area contributed by atoms with Gasteiger partial charge in [-0.3, -0.25) is 9.59 Å². The van der Waals surface area contributed by atoms with Gasteiger partial charge in [-0.25, -0.2) is 0 Å². The van der Waals surface area contributed by atoms with E-state index < -0.39 is 6.04 Å². The van der Waals surface area contributed by atoms with Gasteiger partial charge in [0.2, 0.25) is 5.91 Å². The Balaban J connectivity index is 1.61. The summed E-state index contributed by atoms with van der Waals surface area (Å²) in [5.74, 6) is 0.369. The van der Waals surface area contributed by atoms with E-state index in [9.17, 15) is 9.59 Å². The van der Waals surface area contributed by atoms with E-state index in [4.69, 9.17) is 23.2 Å². The van der Waals surface area contributed by atoms with Gasteiger partial charge in [0.25, 0.3) is 5.91 Å². The molecule has 33 heavy (non-hydrogen) atoms. The van der Waals surface area contributed by atoms with Crippen LogP contribution >= 0.6 is 35.0 Å². The molecule has 2 amide bonds. The smallest absolute Gasteiger partial charge is 0.251 e. The third-order valence-electron chi connectivity index (χ3n) is 4.96. The molecule has 0 aliphatic heterocycles. The average molecular weight is 506 g/mol. The van der Waals surface area contributed by atoms with Gasteiger partial charge in [0.1, 0.15) is 0 Å². The summed E-state index contributed by atoms with van der Waals surface area (Å²) < 4.78 is 1.88. The third kappa shape index (κ3) is 6.50. The summed E-state index contributed by atoms with van der Waals surface area (Å²) in [5, 5.41) is 15.6. The lowest BCUT2D eigenvalue weighted by Gasteiger charge is -2.15. The highest BCUT2D eigenvalue weighted by atomic mass is 35.5. The number of halogens is 2. The van der Waals surface area contributed by atoms with E-state index in [-0.39, 0.29) is 17.6 Å². The predicted molar refractivity (Wildman–Crippen MR) is 133 cm³/mol. The summed E-state index contributed by atoms with van der Waals surface area (Å²) in [4.78, 5) is 25.0. The second-order valence-electron chi connectivity index (χ2n) is 7.30. The van der Waals surface area contributed by atoms with E-state index in [1.54, 1.807) is 12.1 Å². The summed E-state index contributed by atoms with van der Waals surface area (Å²) >= 11 is 13.2. The number of amides is 2. The molecule has 0 unspecified atom stereocenters. The van der Waals surface area contributed by atoms with Gasteiger partial charge in [0, 0.05) is 17.8 Å². The summed E-state index contributed by atoms with van der Waals surface area (Å²) in [7, 11) is 0. The van der Waals surface area contributed by atoms with E-state index in [1.807, 2.05) is 42.7 Å². The monoisotopic (exact) mass is 505 g/mol. The number of hydrogen-bond acceptors (Lipinski definition) is 5. The Labute approximate surface area is 207 Å². The number of aryl methyl sites for hydroxylation is 1. The highest BCUT2D eigenvalue weighted by Gasteiger charge is 2.20. The Bertz CT molecular complexity index is 1130. The fourth-order valence-electron chi connectivity index (χ4n) is 3.16. The molecule has 0 fully saturated rings. The Morgan fingerprint density at radius 2 is 1.79 bits per heavy atom. The summed E-state index contributed by atoms with van der Waals surface area (Å²) in [5.41, 5.74) is 2.37. The average Bonchev–Trinajstić information content (AvgIpc) is 3.23. The van der Waals surface area contributed by atoms with Crippen molar-refractivity contribution in [3.05, 3.63) is 69.5 Å². The van der Waals surface area contributed by atoms with Crippen LogP contribution in [0.5, 0.6) is 0 Å². The first-order chi connectivity index (χ1) is 15.8. The molecule has 3 rings (SSSR count). The van der Waals surface area contributed by atoms with Crippen LogP contribution in [0.25, 0.3) is 0 Å². The molecule has 0 aliphatic rings. The highest BCUT2D eigenvalue weighted by Crippen LogP contribution is 2.24. The van der Waals surface area contributed by atoms with Crippen molar-refractivity contribution in [1.82, 2.24) is 20.1 Å². The molecule has 1 heterocycles. The fourth-order valence-corrected chi connectivity index (χ4v) is 4.26. The van der Waals surface area contributed by atoms with Crippen LogP contribution < -0.4 is 10.6 Å². The number of benzene rings is 2. The van der Waals surface area contributed by atoms with Crippen LogP contribution in [0.3, 0.4) is 0 Å². The van der Waals surface area contributed by atoms with Crippen LogP contribution in [0.4, 0.5) is 5.69 Å². The maximum absolute atomic E-state index is 12.6. The van der Waals surface area contributed by atoms with Crippen LogP contribution in [0.1, 0.15) is 48.6 Å². The van der Waals surface area contributed by atoms with Gasteiger partial charge in [-0.1, -0.05) is 54.0 Å². The first kappa shape index (κ1) is 25.1. The molecule has 2 N–H and O–H groups in total. The van der Waals surface area contributed by atoms with Crippen molar-refractivity contribution in [1.29, 1.82) is 0 Å². The minimum atomic E-state index is -0.403. The molecule has 174 valence electrons. The van der Waals surface area contributed by atoms with E-state index in [0.717, 1.165) is 12.1 Å². The number of carbonyl (C=O) groups is 2. The topological polar surface area (TPSA) is 88.9 Å². The van der Waals surface area contributed by atoms with Gasteiger partial charge in [-0.05, 0) is 56.2 Å². The fraction of sp³-hybridized carbons (Fsp3) is 0.304. The van der Waals surface area contributed by atoms with Crippen molar-refractivity contribution >= 4 is 52.5 Å². The molecule has 0 saturated carbocycles. The van der Waals surface area contributed by atoms with E-state index in [0.29, 0.717) is 33.1 Å². The zero-order valence-corrected chi connectivity index (χ0v) is 20.9. The van der Waals surface area contributed by atoms with Crippen LogP contribution in [0.15, 0.2) is 47.6 Å². The van der Waals surface area contributed by atoms with Gasteiger partial charge < -0.3 is 15.2 Å². The van der Waals surface area contributed by atoms with Gasteiger partial charge in [-0.15, -0.1) is 10.2 Å². The molecule has 3 aromatic rings. The van der Waals surface area contributed by atoms with Crippen molar-refractivity contribution in [2.75, 3.05) is 11.1 Å². The summed E-state index contributed by atoms with van der Waals surface area (Å²) in [6, 6.07) is 12.1. The number of anilines is 1. The quantitative estimate of drug-likeness (QED) is 0.380. The first-order valence-electron chi connectivity index (χ1n) is 10.5. The lowest BCUT2D eigenvalue weighted by molar-refractivity contribution is -0.113. The molecule has 1 aromatic heterocycles. The van der Waals surface area contributed by atoms with Crippen LogP contribution in [-0.2, 0) is 17.8 Å². The second kappa shape index (κ2) is 11.5. The molecule has 0 spiro atoms. The Morgan fingerprint density at radius 1 is 1.06 bits per heavy atom. The van der Waals surface area contributed by atoms with Crippen molar-refractivity contribution < 1.29 is 9.59 Å². The van der Waals surface area contributed by atoms with Crippen LogP contribution in [0, 0.1) is 0 Å². The molecule has 2 aromatic carbocycles. The SMILES string of the molecule is CCc1ccc(NC(=O)CSc2nnc([C@@H](C)NC(=O)c3ccc(Cl)c(Cl)c3)n2CC)cc1. The molecular weight excluding hydrogens is 481 g/mol. The summed E-state index contributed by atoms with van der Waals surface area (Å²) in [6.07, 6.45) is 0.950. The normalized spacial score (nSPS) is 11.8. The number of rotatable bonds is 9. The zero-order valence-electron chi connectivity index (χ0n) is 18.6. The van der Waals surface area contributed by atoms with Gasteiger partial charge in [0.05, 0.1) is 21.8 Å². The lowest BCUT2D eigenvalue weighted by Crippen LogP contribution is -2.28. The largest absolute Gasteiger partial charge is 0.342 e. The maximum atomic E-state index is 12.6. The van der Waals surface area contributed by atoms with Crippen molar-refractivity contribution in [3.63, 3.8) is 0 Å². The Kier molecular flexibility index (Phi) is 8.77. The van der Waals surface area contributed by atoms with E-state index in [1.165, 1.54) is 23.4 Å². The Hall–Kier alpha value is -2.55. The van der Waals surface area contributed by atoms with E-state index >= 15 is 0 Å². The van der Waals surface area contributed by atoms with Gasteiger partial charge >= 0.3 is 0 Å². The number of nitrogens with one attached hydrogen (secondary N) is 2. The van der Waals surface area contributed by atoms with E-state index in [2.05, 4.69) is 27.8 Å². The highest BCUT2D eigenvalue weighted by molar-refractivity contribution is 7.99.